The lowest BCUT2D eigenvalue weighted by atomic mass is 9.74. The van der Waals surface area contributed by atoms with Crippen molar-refractivity contribution in [2.45, 2.75) is 39.7 Å². The lowest BCUT2D eigenvalue weighted by Gasteiger charge is -2.37. The Labute approximate surface area is 165 Å². The number of pyridine rings is 1. The molecule has 3 heterocycles. The summed E-state index contributed by atoms with van der Waals surface area (Å²) in [6, 6.07) is 5.37. The van der Waals surface area contributed by atoms with Crippen molar-refractivity contribution in [3.05, 3.63) is 47.0 Å². The molecule has 1 aliphatic carbocycles. The largest absolute Gasteiger partial charge is 0.378 e. The van der Waals surface area contributed by atoms with Gasteiger partial charge in [0.15, 0.2) is 0 Å². The summed E-state index contributed by atoms with van der Waals surface area (Å²) in [7, 11) is 0. The van der Waals surface area contributed by atoms with E-state index in [2.05, 4.69) is 34.0 Å². The monoisotopic (exact) mass is 381 g/mol. The van der Waals surface area contributed by atoms with E-state index in [9.17, 15) is 4.79 Å². The highest BCUT2D eigenvalue weighted by molar-refractivity contribution is 5.92. The van der Waals surface area contributed by atoms with E-state index in [1.54, 1.807) is 6.07 Å². The number of rotatable bonds is 3. The molecule has 4 rings (SSSR count). The summed E-state index contributed by atoms with van der Waals surface area (Å²) in [4.78, 5) is 28.7. The van der Waals surface area contributed by atoms with Crippen molar-refractivity contribution in [2.75, 3.05) is 31.2 Å². The Hall–Kier alpha value is -2.54. The topological polar surface area (TPSA) is 80.2 Å². The van der Waals surface area contributed by atoms with Gasteiger partial charge in [-0.25, -0.2) is 15.0 Å². The Balaban J connectivity index is 1.60. The zero-order valence-corrected chi connectivity index (χ0v) is 16.7. The fourth-order valence-electron chi connectivity index (χ4n) is 3.98. The summed E-state index contributed by atoms with van der Waals surface area (Å²) >= 11 is 0. The van der Waals surface area contributed by atoms with Gasteiger partial charge in [-0.2, -0.15) is 0 Å². The van der Waals surface area contributed by atoms with E-state index in [1.165, 1.54) is 0 Å². The number of nitrogens with one attached hydrogen (secondary N) is 1. The lowest BCUT2D eigenvalue weighted by Crippen LogP contribution is -2.40. The minimum atomic E-state index is -0.158. The second kappa shape index (κ2) is 7.47. The molecule has 0 aromatic carbocycles. The van der Waals surface area contributed by atoms with Crippen LogP contribution in [0.2, 0.25) is 0 Å². The van der Waals surface area contributed by atoms with Crippen molar-refractivity contribution in [1.82, 2.24) is 20.3 Å². The lowest BCUT2D eigenvalue weighted by molar-refractivity contribution is 0.0913. The van der Waals surface area contributed by atoms with Crippen LogP contribution in [0.4, 0.5) is 5.95 Å². The number of hydrogen-bond donors (Lipinski definition) is 1. The van der Waals surface area contributed by atoms with Gasteiger partial charge in [0.2, 0.25) is 5.95 Å². The van der Waals surface area contributed by atoms with Gasteiger partial charge in [0.1, 0.15) is 5.69 Å². The van der Waals surface area contributed by atoms with E-state index in [4.69, 9.17) is 9.72 Å². The summed E-state index contributed by atoms with van der Waals surface area (Å²) in [5.74, 6) is 0.597. The van der Waals surface area contributed by atoms with Crippen LogP contribution in [0.5, 0.6) is 0 Å². The minimum absolute atomic E-state index is 0.0433. The van der Waals surface area contributed by atoms with Gasteiger partial charge in [0.05, 0.1) is 24.9 Å². The first-order chi connectivity index (χ1) is 13.4. The van der Waals surface area contributed by atoms with Crippen molar-refractivity contribution >= 4 is 11.9 Å². The number of carbonyl (C=O) groups excluding carboxylic acids is 1. The highest BCUT2D eigenvalue weighted by Crippen LogP contribution is 2.40. The molecule has 2 aromatic rings. The molecule has 7 heteroatoms. The van der Waals surface area contributed by atoms with Gasteiger partial charge < -0.3 is 15.0 Å². The molecule has 7 nitrogen and oxygen atoms in total. The molecule has 0 bridgehead atoms. The van der Waals surface area contributed by atoms with Gasteiger partial charge in [-0.05, 0) is 37.3 Å². The summed E-state index contributed by atoms with van der Waals surface area (Å²) in [5.41, 5.74) is 3.35. The van der Waals surface area contributed by atoms with Gasteiger partial charge >= 0.3 is 0 Å². The predicted molar refractivity (Wildman–Crippen MR) is 106 cm³/mol. The van der Waals surface area contributed by atoms with Gasteiger partial charge in [0, 0.05) is 30.5 Å². The van der Waals surface area contributed by atoms with Crippen molar-refractivity contribution in [3.8, 4) is 0 Å². The minimum Gasteiger partial charge on any atom is -0.378 e. The number of carbonyl (C=O) groups is 1. The maximum atomic E-state index is 12.8. The highest BCUT2D eigenvalue weighted by atomic mass is 16.5. The molecule has 0 unspecified atom stereocenters. The zero-order valence-electron chi connectivity index (χ0n) is 16.7. The summed E-state index contributed by atoms with van der Waals surface area (Å²) < 4.78 is 5.43. The van der Waals surface area contributed by atoms with E-state index in [-0.39, 0.29) is 17.4 Å². The summed E-state index contributed by atoms with van der Waals surface area (Å²) in [5, 5.41) is 3.16. The molecule has 148 valence electrons. The molecule has 1 aliphatic heterocycles. The quantitative estimate of drug-likeness (QED) is 0.880. The standard InChI is InChI=1S/C21H27N5O2/c1-14-5-4-6-16(23-14)19(27)24-17-11-21(2,3)12-18-15(17)13-22-20(25-18)26-7-9-28-10-8-26/h4-6,13,17H,7-12H2,1-3H3,(H,24,27)/t17-/m1/s1. The van der Waals surface area contributed by atoms with Gasteiger partial charge in [-0.15, -0.1) is 0 Å². The molecule has 0 spiro atoms. The first kappa shape index (κ1) is 18.8. The van der Waals surface area contributed by atoms with E-state index in [0.717, 1.165) is 48.8 Å². The van der Waals surface area contributed by atoms with Crippen LogP contribution >= 0.6 is 0 Å². The van der Waals surface area contributed by atoms with Gasteiger partial charge in [-0.1, -0.05) is 19.9 Å². The van der Waals surface area contributed by atoms with Crippen LogP contribution in [0.25, 0.3) is 0 Å². The first-order valence-corrected chi connectivity index (χ1v) is 9.84. The van der Waals surface area contributed by atoms with Crippen molar-refractivity contribution in [2.24, 2.45) is 5.41 Å². The smallest absolute Gasteiger partial charge is 0.270 e. The van der Waals surface area contributed by atoms with Crippen LogP contribution < -0.4 is 10.2 Å². The zero-order chi connectivity index (χ0) is 19.7. The Morgan fingerprint density at radius 3 is 2.79 bits per heavy atom. The van der Waals surface area contributed by atoms with Crippen LogP contribution in [-0.4, -0.2) is 47.2 Å². The molecule has 0 saturated carbocycles. The molecule has 0 radical (unpaired) electrons. The average Bonchev–Trinajstić information content (AvgIpc) is 2.67. The number of anilines is 1. The molecule has 1 fully saturated rings. The van der Waals surface area contributed by atoms with Crippen LogP contribution in [0.3, 0.4) is 0 Å². The van der Waals surface area contributed by atoms with E-state index in [0.29, 0.717) is 18.9 Å². The maximum absolute atomic E-state index is 12.8. The third-order valence-electron chi connectivity index (χ3n) is 5.39. The third-order valence-corrected chi connectivity index (χ3v) is 5.39. The number of amides is 1. The second-order valence-corrected chi connectivity index (χ2v) is 8.41. The Morgan fingerprint density at radius 2 is 2.04 bits per heavy atom. The molecule has 1 saturated heterocycles. The van der Waals surface area contributed by atoms with Crippen molar-refractivity contribution in [1.29, 1.82) is 0 Å². The second-order valence-electron chi connectivity index (χ2n) is 8.41. The molecular formula is C21H27N5O2. The average molecular weight is 381 g/mol. The molecule has 1 N–H and O–H groups in total. The van der Waals surface area contributed by atoms with E-state index >= 15 is 0 Å². The van der Waals surface area contributed by atoms with Gasteiger partial charge in [-0.3, -0.25) is 4.79 Å². The number of hydrogen-bond acceptors (Lipinski definition) is 6. The number of ether oxygens (including phenoxy) is 1. The van der Waals surface area contributed by atoms with Crippen LogP contribution in [0.15, 0.2) is 24.4 Å². The molecule has 28 heavy (non-hydrogen) atoms. The number of aromatic nitrogens is 3. The van der Waals surface area contributed by atoms with E-state index < -0.39 is 0 Å². The Kier molecular flexibility index (Phi) is 5.02. The third kappa shape index (κ3) is 3.99. The summed E-state index contributed by atoms with van der Waals surface area (Å²) in [6.45, 7) is 9.34. The summed E-state index contributed by atoms with van der Waals surface area (Å²) in [6.07, 6.45) is 3.60. The number of morpholine rings is 1. The van der Waals surface area contributed by atoms with Crippen LogP contribution in [-0.2, 0) is 11.2 Å². The Morgan fingerprint density at radius 1 is 1.25 bits per heavy atom. The fourth-order valence-corrected chi connectivity index (χ4v) is 3.98. The number of aryl methyl sites for hydroxylation is 1. The van der Waals surface area contributed by atoms with Crippen molar-refractivity contribution in [3.63, 3.8) is 0 Å². The molecule has 1 amide bonds. The molecule has 2 aromatic heterocycles. The highest BCUT2D eigenvalue weighted by Gasteiger charge is 2.35. The SMILES string of the molecule is Cc1cccc(C(=O)N[C@@H]2CC(C)(C)Cc3nc(N4CCOCC4)ncc32)n1. The van der Waals surface area contributed by atoms with Gasteiger partial charge in [0.25, 0.3) is 5.91 Å². The Bertz CT molecular complexity index is 877. The maximum Gasteiger partial charge on any atom is 0.270 e. The first-order valence-electron chi connectivity index (χ1n) is 9.84. The number of fused-ring (bicyclic) bond motifs is 1. The normalized spacial score (nSPS) is 21.1. The molecule has 2 aliphatic rings. The van der Waals surface area contributed by atoms with Crippen LogP contribution in [0, 0.1) is 12.3 Å². The van der Waals surface area contributed by atoms with Crippen LogP contribution in [0.1, 0.15) is 53.7 Å². The molecule has 1 atom stereocenters. The number of nitrogens with zero attached hydrogens (tertiary/aromatic N) is 4. The predicted octanol–water partition coefficient (Wildman–Crippen LogP) is 2.46. The van der Waals surface area contributed by atoms with E-state index in [1.807, 2.05) is 25.3 Å². The molecular weight excluding hydrogens is 354 g/mol. The van der Waals surface area contributed by atoms with Crippen molar-refractivity contribution < 1.29 is 9.53 Å². The fraction of sp³-hybridized carbons (Fsp3) is 0.524.